The van der Waals surface area contributed by atoms with Crippen LogP contribution in [0.1, 0.15) is 51.0 Å². The summed E-state index contributed by atoms with van der Waals surface area (Å²) in [6.45, 7) is 5.36. The van der Waals surface area contributed by atoms with E-state index in [1.165, 1.54) is 6.42 Å². The van der Waals surface area contributed by atoms with Gasteiger partial charge in [-0.1, -0.05) is 32.0 Å². The third-order valence-electron chi connectivity index (χ3n) is 4.79. The van der Waals surface area contributed by atoms with Crippen molar-refractivity contribution in [2.75, 3.05) is 11.9 Å². The van der Waals surface area contributed by atoms with Crippen LogP contribution in [0.5, 0.6) is 0 Å². The topological polar surface area (TPSA) is 38.3 Å². The molecule has 3 nitrogen and oxygen atoms in total. The fourth-order valence-corrected chi connectivity index (χ4v) is 3.93. The van der Waals surface area contributed by atoms with Gasteiger partial charge in [-0.25, -0.2) is 0 Å². The highest BCUT2D eigenvalue weighted by molar-refractivity contribution is 5.81. The molecule has 1 fully saturated rings. The number of anilines is 1. The number of rotatable bonds is 2. The number of carbonyl (C=O) groups is 1. The molecule has 3 rings (SSSR count). The minimum Gasteiger partial charge on any atom is -0.462 e. The molecule has 1 heterocycles. The zero-order chi connectivity index (χ0) is 14.8. The fraction of sp³-hybridized carbons (Fsp3) is 0.611. The maximum absolute atomic E-state index is 12.6. The monoisotopic (exact) mass is 287 g/mol. The number of nitrogens with one attached hydrogen (secondary N) is 1. The van der Waals surface area contributed by atoms with Gasteiger partial charge in [0, 0.05) is 12.2 Å². The number of para-hydroxylation sites is 1. The molecule has 1 aliphatic carbocycles. The molecule has 0 aromatic heterocycles. The molecule has 1 aromatic carbocycles. The molecule has 1 aliphatic heterocycles. The lowest BCUT2D eigenvalue weighted by Gasteiger charge is -2.33. The minimum atomic E-state index is -0.102. The van der Waals surface area contributed by atoms with E-state index < -0.39 is 0 Å². The average molecular weight is 287 g/mol. The lowest BCUT2D eigenvalue weighted by Crippen LogP contribution is -2.32. The standard InChI is InChI=1S/C18H25NO2/c1-12-9-13(2)11-14(10-12)21-18(20)16-7-8-19-17-6-4-3-5-15(16)17/h3-6,12-14,16,19H,7-11H2,1-2H3. The van der Waals surface area contributed by atoms with E-state index in [1.807, 2.05) is 24.3 Å². The van der Waals surface area contributed by atoms with Crippen molar-refractivity contribution in [3.8, 4) is 0 Å². The first-order chi connectivity index (χ1) is 10.1. The summed E-state index contributed by atoms with van der Waals surface area (Å²) in [7, 11) is 0. The van der Waals surface area contributed by atoms with Crippen LogP contribution in [0.4, 0.5) is 5.69 Å². The second-order valence-electron chi connectivity index (χ2n) is 6.83. The number of benzene rings is 1. The highest BCUT2D eigenvalue weighted by Crippen LogP contribution is 2.35. The van der Waals surface area contributed by atoms with Gasteiger partial charge in [0.1, 0.15) is 6.10 Å². The van der Waals surface area contributed by atoms with Gasteiger partial charge in [0.05, 0.1) is 5.92 Å². The molecule has 1 saturated carbocycles. The summed E-state index contributed by atoms with van der Waals surface area (Å²) in [5.74, 6) is 1.18. The first-order valence-electron chi connectivity index (χ1n) is 8.16. The highest BCUT2D eigenvalue weighted by atomic mass is 16.5. The summed E-state index contributed by atoms with van der Waals surface area (Å²) >= 11 is 0. The van der Waals surface area contributed by atoms with E-state index >= 15 is 0 Å². The molecule has 1 N–H and O–H groups in total. The predicted molar refractivity (Wildman–Crippen MR) is 84.3 cm³/mol. The number of carbonyl (C=O) groups excluding carboxylic acids is 1. The average Bonchev–Trinajstić information content (AvgIpc) is 2.45. The highest BCUT2D eigenvalue weighted by Gasteiger charge is 2.32. The smallest absolute Gasteiger partial charge is 0.313 e. The molecule has 0 spiro atoms. The van der Waals surface area contributed by atoms with Crippen LogP contribution in [0, 0.1) is 11.8 Å². The first-order valence-corrected chi connectivity index (χ1v) is 8.16. The second kappa shape index (κ2) is 6.08. The Balaban J connectivity index is 1.69. The van der Waals surface area contributed by atoms with Gasteiger partial charge in [-0.3, -0.25) is 4.79 Å². The van der Waals surface area contributed by atoms with Crippen LogP contribution in [-0.2, 0) is 9.53 Å². The largest absolute Gasteiger partial charge is 0.462 e. The van der Waals surface area contributed by atoms with Crippen molar-refractivity contribution in [2.24, 2.45) is 11.8 Å². The summed E-state index contributed by atoms with van der Waals surface area (Å²) in [5, 5.41) is 3.36. The Labute approximate surface area is 127 Å². The van der Waals surface area contributed by atoms with Gasteiger partial charge in [0.15, 0.2) is 0 Å². The van der Waals surface area contributed by atoms with Crippen LogP contribution in [0.3, 0.4) is 0 Å². The van der Waals surface area contributed by atoms with Crippen molar-refractivity contribution < 1.29 is 9.53 Å². The van der Waals surface area contributed by atoms with Crippen LogP contribution < -0.4 is 5.32 Å². The summed E-state index contributed by atoms with van der Waals surface area (Å²) in [5.41, 5.74) is 2.17. The number of ether oxygens (including phenoxy) is 1. The second-order valence-corrected chi connectivity index (χ2v) is 6.83. The van der Waals surface area contributed by atoms with Gasteiger partial charge in [0.25, 0.3) is 0 Å². The van der Waals surface area contributed by atoms with Crippen molar-refractivity contribution in [2.45, 2.75) is 51.6 Å². The molecule has 3 atom stereocenters. The Bertz CT molecular complexity index is 504. The summed E-state index contributed by atoms with van der Waals surface area (Å²) in [4.78, 5) is 12.6. The van der Waals surface area contributed by atoms with Crippen molar-refractivity contribution in [1.82, 2.24) is 0 Å². The Morgan fingerprint density at radius 2 is 1.86 bits per heavy atom. The van der Waals surface area contributed by atoms with E-state index in [1.54, 1.807) is 0 Å². The number of hydrogen-bond donors (Lipinski definition) is 1. The normalized spacial score (nSPS) is 31.9. The SMILES string of the molecule is CC1CC(C)CC(OC(=O)C2CCNc3ccccc32)C1. The Morgan fingerprint density at radius 3 is 2.62 bits per heavy atom. The first kappa shape index (κ1) is 14.4. The van der Waals surface area contributed by atoms with Crippen molar-refractivity contribution in [3.63, 3.8) is 0 Å². The van der Waals surface area contributed by atoms with Crippen LogP contribution in [-0.4, -0.2) is 18.6 Å². The molecule has 0 saturated heterocycles. The van der Waals surface area contributed by atoms with Crippen LogP contribution in [0.15, 0.2) is 24.3 Å². The zero-order valence-corrected chi connectivity index (χ0v) is 13.0. The van der Waals surface area contributed by atoms with Gasteiger partial charge in [-0.05, 0) is 49.1 Å². The van der Waals surface area contributed by atoms with Gasteiger partial charge in [0.2, 0.25) is 0 Å². The molecule has 3 unspecified atom stereocenters. The van der Waals surface area contributed by atoms with Crippen LogP contribution >= 0.6 is 0 Å². The molecule has 1 aromatic rings. The third kappa shape index (κ3) is 3.22. The van der Waals surface area contributed by atoms with Crippen LogP contribution in [0.2, 0.25) is 0 Å². The molecule has 0 radical (unpaired) electrons. The molecule has 2 aliphatic rings. The van der Waals surface area contributed by atoms with Gasteiger partial charge in [-0.15, -0.1) is 0 Å². The van der Waals surface area contributed by atoms with Gasteiger partial charge >= 0.3 is 5.97 Å². The lowest BCUT2D eigenvalue weighted by atomic mass is 9.81. The molecule has 3 heteroatoms. The van der Waals surface area contributed by atoms with Crippen molar-refractivity contribution in [3.05, 3.63) is 29.8 Å². The Morgan fingerprint density at radius 1 is 1.14 bits per heavy atom. The summed E-state index contributed by atoms with van der Waals surface area (Å²) in [6, 6.07) is 8.08. The molecule has 0 bridgehead atoms. The lowest BCUT2D eigenvalue weighted by molar-refractivity contribution is -0.154. The van der Waals surface area contributed by atoms with Crippen molar-refractivity contribution >= 4 is 11.7 Å². The summed E-state index contributed by atoms with van der Waals surface area (Å²) in [6.07, 6.45) is 4.22. The molecule has 21 heavy (non-hydrogen) atoms. The number of fused-ring (bicyclic) bond motifs is 1. The zero-order valence-electron chi connectivity index (χ0n) is 13.0. The number of esters is 1. The number of hydrogen-bond acceptors (Lipinski definition) is 3. The van der Waals surface area contributed by atoms with E-state index in [0.717, 1.165) is 37.1 Å². The molecular formula is C18H25NO2. The molecule has 0 amide bonds. The van der Waals surface area contributed by atoms with Crippen LogP contribution in [0.25, 0.3) is 0 Å². The fourth-order valence-electron chi connectivity index (χ4n) is 3.93. The minimum absolute atomic E-state index is 0.0322. The molecule has 114 valence electrons. The van der Waals surface area contributed by atoms with Gasteiger partial charge < -0.3 is 10.1 Å². The van der Waals surface area contributed by atoms with E-state index in [-0.39, 0.29) is 18.0 Å². The third-order valence-corrected chi connectivity index (χ3v) is 4.79. The Hall–Kier alpha value is -1.51. The van der Waals surface area contributed by atoms with E-state index in [2.05, 4.69) is 19.2 Å². The van der Waals surface area contributed by atoms with E-state index in [9.17, 15) is 4.79 Å². The Kier molecular flexibility index (Phi) is 4.18. The van der Waals surface area contributed by atoms with E-state index in [4.69, 9.17) is 4.74 Å². The quantitative estimate of drug-likeness (QED) is 0.837. The summed E-state index contributed by atoms with van der Waals surface area (Å²) < 4.78 is 5.86. The van der Waals surface area contributed by atoms with Gasteiger partial charge in [-0.2, -0.15) is 0 Å². The van der Waals surface area contributed by atoms with Crippen molar-refractivity contribution in [1.29, 1.82) is 0 Å². The van der Waals surface area contributed by atoms with E-state index in [0.29, 0.717) is 11.8 Å². The molecular weight excluding hydrogens is 262 g/mol. The predicted octanol–water partition coefficient (Wildman–Crippen LogP) is 3.95. The maximum Gasteiger partial charge on any atom is 0.313 e. The maximum atomic E-state index is 12.6.